The van der Waals surface area contributed by atoms with Gasteiger partial charge >= 0.3 is 5.97 Å². The van der Waals surface area contributed by atoms with Gasteiger partial charge in [0.25, 0.3) is 0 Å². The van der Waals surface area contributed by atoms with E-state index in [1.54, 1.807) is 0 Å². The van der Waals surface area contributed by atoms with Gasteiger partial charge in [-0.3, -0.25) is 4.79 Å². The lowest BCUT2D eigenvalue weighted by Crippen LogP contribution is -2.38. The van der Waals surface area contributed by atoms with Crippen molar-refractivity contribution in [3.05, 3.63) is 0 Å². The van der Waals surface area contributed by atoms with Crippen LogP contribution in [0.1, 0.15) is 20.3 Å². The summed E-state index contributed by atoms with van der Waals surface area (Å²) in [5, 5.41) is 8.42. The Morgan fingerprint density at radius 2 is 2.14 bits per heavy atom. The van der Waals surface area contributed by atoms with Crippen LogP contribution >= 0.6 is 0 Å². The van der Waals surface area contributed by atoms with Crippen LogP contribution < -0.4 is 0 Å². The number of hydrogen-bond donors (Lipinski definition) is 0. The SMILES string of the molecule is COC(=O)C(C)C(C)N(C)CCC#N. The van der Waals surface area contributed by atoms with Crippen LogP contribution in [0.2, 0.25) is 0 Å². The Morgan fingerprint density at radius 3 is 2.57 bits per heavy atom. The van der Waals surface area contributed by atoms with Crippen molar-refractivity contribution in [2.24, 2.45) is 5.92 Å². The number of esters is 1. The number of carbonyl (C=O) groups is 1. The van der Waals surface area contributed by atoms with Gasteiger partial charge in [0.1, 0.15) is 0 Å². The Kier molecular flexibility index (Phi) is 5.89. The molecule has 0 amide bonds. The molecule has 2 atom stereocenters. The first kappa shape index (κ1) is 12.9. The highest BCUT2D eigenvalue weighted by Crippen LogP contribution is 2.10. The molecule has 4 nitrogen and oxygen atoms in total. The minimum Gasteiger partial charge on any atom is -0.469 e. The molecule has 0 saturated carbocycles. The Morgan fingerprint density at radius 1 is 1.57 bits per heavy atom. The molecule has 0 aliphatic rings. The van der Waals surface area contributed by atoms with Crippen molar-refractivity contribution in [1.82, 2.24) is 4.90 Å². The summed E-state index contributed by atoms with van der Waals surface area (Å²) < 4.78 is 4.66. The smallest absolute Gasteiger partial charge is 0.309 e. The molecule has 0 aromatic rings. The molecule has 0 radical (unpaired) electrons. The third-order valence-corrected chi connectivity index (χ3v) is 2.57. The van der Waals surface area contributed by atoms with Gasteiger partial charge in [0.2, 0.25) is 0 Å². The first-order valence-electron chi connectivity index (χ1n) is 4.69. The molecular formula is C10H18N2O2. The zero-order valence-electron chi connectivity index (χ0n) is 9.28. The molecule has 0 saturated heterocycles. The maximum Gasteiger partial charge on any atom is 0.309 e. The molecule has 14 heavy (non-hydrogen) atoms. The maximum atomic E-state index is 11.2. The van der Waals surface area contributed by atoms with Crippen molar-refractivity contribution >= 4 is 5.97 Å². The molecule has 0 aliphatic carbocycles. The number of nitriles is 1. The fraction of sp³-hybridized carbons (Fsp3) is 0.800. The zero-order chi connectivity index (χ0) is 11.1. The van der Waals surface area contributed by atoms with Gasteiger partial charge in [0.05, 0.1) is 19.1 Å². The second-order valence-electron chi connectivity index (χ2n) is 3.44. The van der Waals surface area contributed by atoms with Gasteiger partial charge in [0, 0.05) is 19.0 Å². The van der Waals surface area contributed by atoms with E-state index < -0.39 is 0 Å². The largest absolute Gasteiger partial charge is 0.469 e. The van der Waals surface area contributed by atoms with Crippen molar-refractivity contribution in [2.75, 3.05) is 20.7 Å². The van der Waals surface area contributed by atoms with Crippen LogP contribution in [0.4, 0.5) is 0 Å². The standard InChI is InChI=1S/C10H18N2O2/c1-8(10(13)14-4)9(2)12(3)7-5-6-11/h8-9H,5,7H2,1-4H3. The highest BCUT2D eigenvalue weighted by Gasteiger charge is 2.23. The quantitative estimate of drug-likeness (QED) is 0.619. The van der Waals surface area contributed by atoms with Gasteiger partial charge in [-0.25, -0.2) is 0 Å². The summed E-state index contributed by atoms with van der Waals surface area (Å²) in [5.74, 6) is -0.370. The average molecular weight is 198 g/mol. The van der Waals surface area contributed by atoms with Crippen LogP contribution in [0, 0.1) is 17.2 Å². The predicted octanol–water partition coefficient (Wildman–Crippen LogP) is 1.03. The average Bonchev–Trinajstić information content (AvgIpc) is 2.22. The van der Waals surface area contributed by atoms with E-state index in [2.05, 4.69) is 10.8 Å². The molecule has 0 N–H and O–H groups in total. The lowest BCUT2D eigenvalue weighted by atomic mass is 10.0. The molecule has 0 aliphatic heterocycles. The lowest BCUT2D eigenvalue weighted by molar-refractivity contribution is -0.146. The number of ether oxygens (including phenoxy) is 1. The predicted molar refractivity (Wildman–Crippen MR) is 53.5 cm³/mol. The van der Waals surface area contributed by atoms with Gasteiger partial charge in [-0.15, -0.1) is 0 Å². The Labute approximate surface area is 85.5 Å². The molecule has 0 spiro atoms. The van der Waals surface area contributed by atoms with Crippen molar-refractivity contribution in [3.63, 3.8) is 0 Å². The highest BCUT2D eigenvalue weighted by molar-refractivity contribution is 5.72. The molecule has 0 aromatic carbocycles. The maximum absolute atomic E-state index is 11.2. The third kappa shape index (κ3) is 3.75. The van der Waals surface area contributed by atoms with Crippen molar-refractivity contribution in [1.29, 1.82) is 5.26 Å². The van der Waals surface area contributed by atoms with Crippen molar-refractivity contribution in [2.45, 2.75) is 26.3 Å². The fourth-order valence-corrected chi connectivity index (χ4v) is 1.19. The van der Waals surface area contributed by atoms with Gasteiger partial charge < -0.3 is 9.64 Å². The molecule has 0 fully saturated rings. The molecule has 2 unspecified atom stereocenters. The zero-order valence-corrected chi connectivity index (χ0v) is 9.28. The van der Waals surface area contributed by atoms with Crippen LogP contribution in [0.3, 0.4) is 0 Å². The molecular weight excluding hydrogens is 180 g/mol. The third-order valence-electron chi connectivity index (χ3n) is 2.57. The number of carbonyl (C=O) groups excluding carboxylic acids is 1. The molecule has 0 aromatic heterocycles. The summed E-state index contributed by atoms with van der Waals surface area (Å²) in [6.07, 6.45) is 0.481. The minimum atomic E-state index is -0.207. The molecule has 0 heterocycles. The van der Waals surface area contributed by atoms with Gasteiger partial charge in [-0.2, -0.15) is 5.26 Å². The van der Waals surface area contributed by atoms with Crippen LogP contribution in [0.5, 0.6) is 0 Å². The van der Waals surface area contributed by atoms with Crippen molar-refractivity contribution in [3.8, 4) is 6.07 Å². The second kappa shape index (κ2) is 6.39. The van der Waals surface area contributed by atoms with Gasteiger partial charge in [0.15, 0.2) is 0 Å². The summed E-state index contributed by atoms with van der Waals surface area (Å²) in [6.45, 7) is 4.47. The normalized spacial score (nSPS) is 14.6. The highest BCUT2D eigenvalue weighted by atomic mass is 16.5. The Hall–Kier alpha value is -1.08. The van der Waals surface area contributed by atoms with Crippen LogP contribution in [0.15, 0.2) is 0 Å². The monoisotopic (exact) mass is 198 g/mol. The van der Waals surface area contributed by atoms with E-state index in [9.17, 15) is 4.79 Å². The molecule has 4 heteroatoms. The Balaban J connectivity index is 4.10. The second-order valence-corrected chi connectivity index (χ2v) is 3.44. The van der Waals surface area contributed by atoms with Crippen LogP contribution in [-0.4, -0.2) is 37.6 Å². The van der Waals surface area contributed by atoms with Crippen LogP contribution in [-0.2, 0) is 9.53 Å². The topological polar surface area (TPSA) is 53.3 Å². The van der Waals surface area contributed by atoms with Crippen LogP contribution in [0.25, 0.3) is 0 Å². The summed E-state index contributed by atoms with van der Waals surface area (Å²) in [5.41, 5.74) is 0. The van der Waals surface area contributed by atoms with E-state index in [0.717, 1.165) is 0 Å². The number of hydrogen-bond acceptors (Lipinski definition) is 4. The number of methoxy groups -OCH3 is 1. The van der Waals surface area contributed by atoms with E-state index in [-0.39, 0.29) is 17.9 Å². The lowest BCUT2D eigenvalue weighted by Gasteiger charge is -2.27. The summed E-state index contributed by atoms with van der Waals surface area (Å²) in [4.78, 5) is 13.2. The molecule has 0 rings (SSSR count). The van der Waals surface area contributed by atoms with E-state index in [0.29, 0.717) is 13.0 Å². The summed E-state index contributed by atoms with van der Waals surface area (Å²) >= 11 is 0. The number of nitrogens with zero attached hydrogens (tertiary/aromatic N) is 2. The van der Waals surface area contributed by atoms with E-state index in [1.165, 1.54) is 7.11 Å². The fourth-order valence-electron chi connectivity index (χ4n) is 1.19. The van der Waals surface area contributed by atoms with E-state index in [1.807, 2.05) is 25.8 Å². The first-order chi connectivity index (χ1) is 6.54. The molecule has 80 valence electrons. The summed E-state index contributed by atoms with van der Waals surface area (Å²) in [7, 11) is 3.29. The Bertz CT molecular complexity index is 223. The van der Waals surface area contributed by atoms with Gasteiger partial charge in [-0.1, -0.05) is 6.92 Å². The van der Waals surface area contributed by atoms with Crippen molar-refractivity contribution < 1.29 is 9.53 Å². The van der Waals surface area contributed by atoms with E-state index >= 15 is 0 Å². The minimum absolute atomic E-state index is 0.0933. The first-order valence-corrected chi connectivity index (χ1v) is 4.69. The van der Waals surface area contributed by atoms with Gasteiger partial charge in [-0.05, 0) is 14.0 Å². The molecule has 0 bridgehead atoms. The number of rotatable bonds is 5. The van der Waals surface area contributed by atoms with E-state index in [4.69, 9.17) is 5.26 Å². The summed E-state index contributed by atoms with van der Waals surface area (Å²) in [6, 6.07) is 2.17.